The van der Waals surface area contributed by atoms with Crippen molar-refractivity contribution in [3.8, 4) is 0 Å². The molecular formula is C21H18O6. The van der Waals surface area contributed by atoms with Crippen molar-refractivity contribution in [2.75, 3.05) is 6.61 Å². The summed E-state index contributed by atoms with van der Waals surface area (Å²) >= 11 is 0. The van der Waals surface area contributed by atoms with Gasteiger partial charge in [0.2, 0.25) is 0 Å². The standard InChI is InChI=1S/C21H18O6/c1-14-19(27-21(24)16-10-6-3-7-11-16)17(12-22)18(13-25-14)26-20(23)15-8-4-2-5-9-15/h2-12,17-18H,13H2,1H3. The third-order valence-corrected chi connectivity index (χ3v) is 4.14. The van der Waals surface area contributed by atoms with E-state index >= 15 is 0 Å². The number of rotatable bonds is 5. The van der Waals surface area contributed by atoms with Crippen LogP contribution in [0.15, 0.2) is 72.2 Å². The highest BCUT2D eigenvalue weighted by atomic mass is 16.6. The van der Waals surface area contributed by atoms with Crippen LogP contribution >= 0.6 is 0 Å². The lowest BCUT2D eigenvalue weighted by molar-refractivity contribution is -0.117. The Kier molecular flexibility index (Phi) is 5.66. The van der Waals surface area contributed by atoms with Gasteiger partial charge in [0.05, 0.1) is 11.1 Å². The predicted octanol–water partition coefficient (Wildman–Crippen LogP) is 3.15. The molecule has 0 N–H and O–H groups in total. The minimum Gasteiger partial charge on any atom is -0.491 e. The number of esters is 2. The largest absolute Gasteiger partial charge is 0.491 e. The van der Waals surface area contributed by atoms with Crippen molar-refractivity contribution in [2.24, 2.45) is 5.92 Å². The van der Waals surface area contributed by atoms with Crippen molar-refractivity contribution < 1.29 is 28.6 Å². The summed E-state index contributed by atoms with van der Waals surface area (Å²) < 4.78 is 16.3. The number of aldehydes is 1. The van der Waals surface area contributed by atoms with Crippen molar-refractivity contribution in [1.82, 2.24) is 0 Å². The summed E-state index contributed by atoms with van der Waals surface area (Å²) in [5.41, 5.74) is 0.696. The molecule has 1 heterocycles. The molecule has 1 aliphatic rings. The lowest BCUT2D eigenvalue weighted by atomic mass is 9.99. The Morgan fingerprint density at radius 2 is 1.52 bits per heavy atom. The smallest absolute Gasteiger partial charge is 0.343 e. The minimum atomic E-state index is -0.931. The molecule has 0 spiro atoms. The molecule has 138 valence electrons. The molecule has 0 radical (unpaired) electrons. The number of hydrogen-bond acceptors (Lipinski definition) is 6. The van der Waals surface area contributed by atoms with Gasteiger partial charge in [0.25, 0.3) is 0 Å². The van der Waals surface area contributed by atoms with E-state index in [1.54, 1.807) is 67.6 Å². The lowest BCUT2D eigenvalue weighted by Gasteiger charge is -2.30. The third kappa shape index (κ3) is 4.23. The van der Waals surface area contributed by atoms with Crippen LogP contribution in [0.4, 0.5) is 0 Å². The first-order chi connectivity index (χ1) is 13.1. The van der Waals surface area contributed by atoms with Crippen LogP contribution in [0.1, 0.15) is 27.6 Å². The summed E-state index contributed by atoms with van der Waals surface area (Å²) in [5, 5.41) is 0. The molecule has 0 fully saturated rings. The Morgan fingerprint density at radius 3 is 2.07 bits per heavy atom. The Morgan fingerprint density at radius 1 is 0.963 bits per heavy atom. The first kappa shape index (κ1) is 18.4. The molecule has 2 aromatic carbocycles. The van der Waals surface area contributed by atoms with Crippen molar-refractivity contribution in [2.45, 2.75) is 13.0 Å². The second-order valence-electron chi connectivity index (χ2n) is 5.96. The van der Waals surface area contributed by atoms with E-state index in [1.807, 2.05) is 0 Å². The summed E-state index contributed by atoms with van der Waals surface area (Å²) in [6, 6.07) is 16.8. The maximum Gasteiger partial charge on any atom is 0.343 e. The van der Waals surface area contributed by atoms with Crippen LogP contribution in [0, 0.1) is 5.92 Å². The van der Waals surface area contributed by atoms with E-state index in [0.717, 1.165) is 0 Å². The number of hydrogen-bond donors (Lipinski definition) is 0. The van der Waals surface area contributed by atoms with E-state index in [1.165, 1.54) is 0 Å². The number of ether oxygens (including phenoxy) is 3. The first-order valence-electron chi connectivity index (χ1n) is 8.42. The summed E-state index contributed by atoms with van der Waals surface area (Å²) in [5.74, 6) is -1.77. The molecule has 0 amide bonds. The van der Waals surface area contributed by atoms with Crippen LogP contribution in [-0.2, 0) is 19.0 Å². The summed E-state index contributed by atoms with van der Waals surface area (Å²) in [4.78, 5) is 36.3. The molecule has 6 nitrogen and oxygen atoms in total. The fourth-order valence-electron chi connectivity index (χ4n) is 2.69. The Hall–Kier alpha value is -3.41. The van der Waals surface area contributed by atoms with Crippen molar-refractivity contribution >= 4 is 18.2 Å². The molecule has 0 saturated heterocycles. The van der Waals surface area contributed by atoms with Crippen LogP contribution in [0.2, 0.25) is 0 Å². The van der Waals surface area contributed by atoms with E-state index in [0.29, 0.717) is 23.2 Å². The number of carbonyl (C=O) groups is 3. The molecule has 0 aliphatic carbocycles. The highest BCUT2D eigenvalue weighted by molar-refractivity contribution is 5.91. The van der Waals surface area contributed by atoms with Gasteiger partial charge in [0, 0.05) is 0 Å². The topological polar surface area (TPSA) is 78.9 Å². The lowest BCUT2D eigenvalue weighted by Crippen LogP contribution is -2.38. The Balaban J connectivity index is 1.77. The number of allylic oxidation sites excluding steroid dienone is 1. The van der Waals surface area contributed by atoms with E-state index in [2.05, 4.69) is 0 Å². The van der Waals surface area contributed by atoms with Crippen LogP contribution in [-0.4, -0.2) is 30.9 Å². The maximum atomic E-state index is 12.3. The van der Waals surface area contributed by atoms with Crippen molar-refractivity contribution in [3.05, 3.63) is 83.3 Å². The monoisotopic (exact) mass is 366 g/mol. The van der Waals surface area contributed by atoms with Gasteiger partial charge in [-0.15, -0.1) is 0 Å². The summed E-state index contributed by atoms with van der Waals surface area (Å²) in [7, 11) is 0. The molecule has 6 heteroatoms. The van der Waals surface area contributed by atoms with Gasteiger partial charge in [-0.2, -0.15) is 0 Å². The predicted molar refractivity (Wildman–Crippen MR) is 95.7 cm³/mol. The van der Waals surface area contributed by atoms with Gasteiger partial charge >= 0.3 is 11.9 Å². The van der Waals surface area contributed by atoms with Gasteiger partial charge in [0.15, 0.2) is 11.9 Å². The molecule has 2 atom stereocenters. The zero-order valence-corrected chi connectivity index (χ0v) is 14.7. The number of carbonyl (C=O) groups excluding carboxylic acids is 3. The summed E-state index contributed by atoms with van der Waals surface area (Å²) in [6.07, 6.45) is -0.291. The van der Waals surface area contributed by atoms with Crippen LogP contribution < -0.4 is 0 Å². The molecule has 0 aromatic heterocycles. The zero-order valence-electron chi connectivity index (χ0n) is 14.7. The van der Waals surface area contributed by atoms with E-state index < -0.39 is 24.0 Å². The van der Waals surface area contributed by atoms with Gasteiger partial charge in [-0.05, 0) is 31.2 Å². The Labute approximate surface area is 156 Å². The molecule has 2 aromatic rings. The fraction of sp³-hybridized carbons (Fsp3) is 0.190. The van der Waals surface area contributed by atoms with E-state index in [4.69, 9.17) is 14.2 Å². The first-order valence-corrected chi connectivity index (χ1v) is 8.42. The quantitative estimate of drug-likeness (QED) is 0.597. The third-order valence-electron chi connectivity index (χ3n) is 4.14. The van der Waals surface area contributed by atoms with Gasteiger partial charge < -0.3 is 19.0 Å². The SMILES string of the molecule is CC1=C(OC(=O)c2ccccc2)C(C=O)C(OC(=O)c2ccccc2)CO1. The molecule has 3 rings (SSSR count). The fourth-order valence-corrected chi connectivity index (χ4v) is 2.69. The van der Waals surface area contributed by atoms with Gasteiger partial charge in [-0.3, -0.25) is 0 Å². The highest BCUT2D eigenvalue weighted by Gasteiger charge is 2.37. The molecule has 1 aliphatic heterocycles. The van der Waals surface area contributed by atoms with Crippen LogP contribution in [0.5, 0.6) is 0 Å². The Bertz CT molecular complexity index is 857. The summed E-state index contributed by atoms with van der Waals surface area (Å²) in [6.45, 7) is 1.60. The normalized spacial score (nSPS) is 19.0. The molecule has 0 saturated carbocycles. The van der Waals surface area contributed by atoms with Crippen LogP contribution in [0.3, 0.4) is 0 Å². The van der Waals surface area contributed by atoms with E-state index in [-0.39, 0.29) is 12.4 Å². The maximum absolute atomic E-state index is 12.3. The van der Waals surface area contributed by atoms with Gasteiger partial charge in [0.1, 0.15) is 24.6 Å². The minimum absolute atomic E-state index is 0.000199. The average Bonchev–Trinajstić information content (AvgIpc) is 2.71. The highest BCUT2D eigenvalue weighted by Crippen LogP contribution is 2.29. The van der Waals surface area contributed by atoms with Crippen molar-refractivity contribution in [1.29, 1.82) is 0 Å². The van der Waals surface area contributed by atoms with Crippen LogP contribution in [0.25, 0.3) is 0 Å². The molecule has 27 heavy (non-hydrogen) atoms. The van der Waals surface area contributed by atoms with Gasteiger partial charge in [-0.25, -0.2) is 9.59 Å². The molecule has 0 bridgehead atoms. The van der Waals surface area contributed by atoms with Crippen molar-refractivity contribution in [3.63, 3.8) is 0 Å². The average molecular weight is 366 g/mol. The second-order valence-corrected chi connectivity index (χ2v) is 5.96. The second kappa shape index (κ2) is 8.31. The van der Waals surface area contributed by atoms with E-state index in [9.17, 15) is 14.4 Å². The molecular weight excluding hydrogens is 348 g/mol. The zero-order chi connectivity index (χ0) is 19.2. The number of benzene rings is 2. The van der Waals surface area contributed by atoms with Gasteiger partial charge in [-0.1, -0.05) is 36.4 Å². The molecule has 2 unspecified atom stereocenters.